The third-order valence-corrected chi connectivity index (χ3v) is 5.48. The molecule has 2 aromatic rings. The molecule has 142 valence electrons. The Hall–Kier alpha value is -1.58. The zero-order valence-corrected chi connectivity index (χ0v) is 15.5. The van der Waals surface area contributed by atoms with E-state index in [1.54, 1.807) is 0 Å². The third-order valence-electron chi connectivity index (χ3n) is 4.09. The van der Waals surface area contributed by atoms with Gasteiger partial charge in [-0.05, 0) is 24.6 Å². The minimum atomic E-state index is -3.59. The van der Waals surface area contributed by atoms with Gasteiger partial charge in [0.15, 0.2) is 14.9 Å². The fourth-order valence-electron chi connectivity index (χ4n) is 2.82. The molecule has 0 aliphatic heterocycles. The second kappa shape index (κ2) is 6.54. The minimum absolute atomic E-state index is 0.126. The van der Waals surface area contributed by atoms with Crippen LogP contribution in [0.3, 0.4) is 0 Å². The van der Waals surface area contributed by atoms with Crippen LogP contribution in [-0.2, 0) is 14.6 Å². The number of nitrogens with one attached hydrogen (secondary N) is 1. The number of sulfone groups is 1. The highest BCUT2D eigenvalue weighted by Gasteiger charge is 2.47. The molecule has 0 saturated heterocycles. The van der Waals surface area contributed by atoms with Crippen LogP contribution in [0.2, 0.25) is 5.02 Å². The summed E-state index contributed by atoms with van der Waals surface area (Å²) in [5, 5.41) is -0.324. The molecule has 0 radical (unpaired) electrons. The Labute approximate surface area is 153 Å². The fourth-order valence-corrected chi connectivity index (χ4v) is 3.88. The molecule has 1 aliphatic rings. The van der Waals surface area contributed by atoms with Gasteiger partial charge in [-0.1, -0.05) is 17.7 Å². The molecule has 1 fully saturated rings. The van der Waals surface area contributed by atoms with Gasteiger partial charge in [-0.3, -0.25) is 0 Å². The predicted octanol–water partition coefficient (Wildman–Crippen LogP) is 3.82. The summed E-state index contributed by atoms with van der Waals surface area (Å²) in [6.45, 7) is 1.53. The lowest BCUT2D eigenvalue weighted by Crippen LogP contribution is -2.42. The van der Waals surface area contributed by atoms with Crippen molar-refractivity contribution in [1.29, 1.82) is 0 Å². The number of ether oxygens (including phenoxy) is 1. The summed E-state index contributed by atoms with van der Waals surface area (Å²) in [6, 6.07) is 3.81. The van der Waals surface area contributed by atoms with Crippen molar-refractivity contribution in [2.75, 3.05) is 6.26 Å². The van der Waals surface area contributed by atoms with Gasteiger partial charge < -0.3 is 9.72 Å². The number of H-pyrrole nitrogens is 1. The largest absolute Gasteiger partial charge is 0.362 e. The highest BCUT2D eigenvalue weighted by molar-refractivity contribution is 7.90. The van der Waals surface area contributed by atoms with Gasteiger partial charge in [0.05, 0.1) is 16.8 Å². The van der Waals surface area contributed by atoms with Crippen molar-refractivity contribution in [3.8, 4) is 0 Å². The first-order valence-corrected chi connectivity index (χ1v) is 9.98. The average Bonchev–Trinajstić information content (AvgIpc) is 2.87. The standard InChI is InChI=1S/C16H16ClF3N2O3S/c1-8-15(26(2,23)24)22-14(21-8)13(25-10-6-16(19,20)7-10)9-3-4-12(18)11(17)5-9/h3-5,10,13H,6-7H2,1-2H3,(H,21,22). The molecule has 1 aromatic carbocycles. The Kier molecular flexibility index (Phi) is 4.83. The molecular formula is C16H16ClF3N2O3S. The van der Waals surface area contributed by atoms with Gasteiger partial charge >= 0.3 is 0 Å². The molecule has 1 heterocycles. The van der Waals surface area contributed by atoms with Crippen LogP contribution in [0.1, 0.15) is 36.0 Å². The third kappa shape index (κ3) is 3.89. The zero-order valence-electron chi connectivity index (χ0n) is 13.9. The molecule has 1 unspecified atom stereocenters. The minimum Gasteiger partial charge on any atom is -0.362 e. The summed E-state index contributed by atoms with van der Waals surface area (Å²) >= 11 is 5.81. The van der Waals surface area contributed by atoms with Crippen molar-refractivity contribution >= 4 is 21.4 Å². The van der Waals surface area contributed by atoms with Gasteiger partial charge in [0.25, 0.3) is 5.92 Å². The number of imidazole rings is 1. The maximum atomic E-state index is 13.5. The van der Waals surface area contributed by atoms with Gasteiger partial charge in [-0.2, -0.15) is 0 Å². The van der Waals surface area contributed by atoms with E-state index >= 15 is 0 Å². The predicted molar refractivity (Wildman–Crippen MR) is 88.7 cm³/mol. The van der Waals surface area contributed by atoms with E-state index in [2.05, 4.69) is 9.97 Å². The van der Waals surface area contributed by atoms with Gasteiger partial charge in [-0.25, -0.2) is 26.6 Å². The van der Waals surface area contributed by atoms with E-state index in [-0.39, 0.29) is 15.9 Å². The van der Waals surface area contributed by atoms with Crippen LogP contribution < -0.4 is 0 Å². The molecule has 1 aromatic heterocycles. The van der Waals surface area contributed by atoms with Gasteiger partial charge in [0.2, 0.25) is 0 Å². The molecule has 1 aliphatic carbocycles. The second-order valence-electron chi connectivity index (χ2n) is 6.40. The zero-order chi connectivity index (χ0) is 19.3. The first kappa shape index (κ1) is 19.2. The Bertz CT molecular complexity index is 938. The summed E-state index contributed by atoms with van der Waals surface area (Å²) in [6.07, 6.45) is -1.60. The SMILES string of the molecule is Cc1[nH]c(C(OC2CC(F)(F)C2)c2ccc(F)c(Cl)c2)nc1S(C)(=O)=O. The highest BCUT2D eigenvalue weighted by atomic mass is 35.5. The molecule has 0 amide bonds. The Morgan fingerprint density at radius 3 is 2.54 bits per heavy atom. The number of aromatic amines is 1. The molecule has 26 heavy (non-hydrogen) atoms. The molecule has 3 rings (SSSR count). The summed E-state index contributed by atoms with van der Waals surface area (Å²) in [5.41, 5.74) is 0.670. The number of rotatable bonds is 5. The number of nitrogens with zero attached hydrogens (tertiary/aromatic N) is 1. The quantitative estimate of drug-likeness (QED) is 0.816. The lowest BCUT2D eigenvalue weighted by atomic mass is 9.90. The number of aryl methyl sites for hydroxylation is 1. The van der Waals surface area contributed by atoms with Crippen LogP contribution in [-0.4, -0.2) is 36.7 Å². The fraction of sp³-hybridized carbons (Fsp3) is 0.438. The summed E-state index contributed by atoms with van der Waals surface area (Å²) in [4.78, 5) is 6.88. The first-order chi connectivity index (χ1) is 12.0. The van der Waals surface area contributed by atoms with Crippen LogP contribution in [0.15, 0.2) is 23.2 Å². The van der Waals surface area contributed by atoms with Crippen LogP contribution in [0.4, 0.5) is 13.2 Å². The van der Waals surface area contributed by atoms with Crippen molar-refractivity contribution in [3.05, 3.63) is 46.1 Å². The number of benzene rings is 1. The van der Waals surface area contributed by atoms with Crippen LogP contribution in [0.25, 0.3) is 0 Å². The molecule has 1 N–H and O–H groups in total. The van der Waals surface area contributed by atoms with E-state index in [9.17, 15) is 21.6 Å². The second-order valence-corrected chi connectivity index (χ2v) is 8.74. The Balaban J connectivity index is 1.99. The topological polar surface area (TPSA) is 72.0 Å². The lowest BCUT2D eigenvalue weighted by Gasteiger charge is -2.36. The van der Waals surface area contributed by atoms with Crippen molar-refractivity contribution in [3.63, 3.8) is 0 Å². The smallest absolute Gasteiger partial charge is 0.253 e. The summed E-state index contributed by atoms with van der Waals surface area (Å²) in [5.74, 6) is -3.30. The number of halogens is 4. The van der Waals surface area contributed by atoms with Gasteiger partial charge in [0, 0.05) is 19.1 Å². The molecule has 0 spiro atoms. The maximum absolute atomic E-state index is 13.5. The number of aromatic nitrogens is 2. The number of hydrogen-bond donors (Lipinski definition) is 1. The number of alkyl halides is 2. The maximum Gasteiger partial charge on any atom is 0.253 e. The van der Waals surface area contributed by atoms with E-state index in [4.69, 9.17) is 16.3 Å². The van der Waals surface area contributed by atoms with Gasteiger partial charge in [0.1, 0.15) is 17.7 Å². The van der Waals surface area contributed by atoms with Gasteiger partial charge in [-0.15, -0.1) is 0 Å². The van der Waals surface area contributed by atoms with Crippen LogP contribution in [0.5, 0.6) is 0 Å². The Morgan fingerprint density at radius 1 is 1.38 bits per heavy atom. The molecule has 10 heteroatoms. The van der Waals surface area contributed by atoms with E-state index < -0.39 is 46.6 Å². The van der Waals surface area contributed by atoms with Crippen LogP contribution in [0, 0.1) is 12.7 Å². The van der Waals surface area contributed by atoms with Crippen LogP contribution >= 0.6 is 11.6 Å². The summed E-state index contributed by atoms with van der Waals surface area (Å²) in [7, 11) is -3.59. The molecule has 1 atom stereocenters. The van der Waals surface area contributed by atoms with Crippen molar-refractivity contribution in [2.45, 2.75) is 42.9 Å². The molecule has 5 nitrogen and oxygen atoms in total. The molecular weight excluding hydrogens is 393 g/mol. The normalized spacial score (nSPS) is 18.5. The lowest BCUT2D eigenvalue weighted by molar-refractivity contribution is -0.178. The van der Waals surface area contributed by atoms with E-state index in [0.29, 0.717) is 11.3 Å². The number of hydrogen-bond acceptors (Lipinski definition) is 4. The summed E-state index contributed by atoms with van der Waals surface area (Å²) < 4.78 is 69.1. The Morgan fingerprint density at radius 2 is 2.04 bits per heavy atom. The van der Waals surface area contributed by atoms with E-state index in [0.717, 1.165) is 12.3 Å². The van der Waals surface area contributed by atoms with Crippen molar-refractivity contribution in [1.82, 2.24) is 9.97 Å². The van der Waals surface area contributed by atoms with Crippen molar-refractivity contribution < 1.29 is 26.3 Å². The highest BCUT2D eigenvalue weighted by Crippen LogP contribution is 2.42. The molecule has 1 saturated carbocycles. The van der Waals surface area contributed by atoms with E-state index in [1.165, 1.54) is 19.1 Å². The average molecular weight is 409 g/mol. The monoisotopic (exact) mass is 408 g/mol. The van der Waals surface area contributed by atoms with Crippen molar-refractivity contribution in [2.24, 2.45) is 0 Å². The molecule has 0 bridgehead atoms. The van der Waals surface area contributed by atoms with E-state index in [1.807, 2.05) is 0 Å². The first-order valence-electron chi connectivity index (χ1n) is 7.71.